The molecule has 1 aliphatic rings. The van der Waals surface area contributed by atoms with Gasteiger partial charge in [0.1, 0.15) is 6.67 Å². The second kappa shape index (κ2) is 4.67. The van der Waals surface area contributed by atoms with Gasteiger partial charge in [0.25, 0.3) is 0 Å². The molecule has 0 unspecified atom stereocenters. The van der Waals surface area contributed by atoms with E-state index < -0.39 is 0 Å². The van der Waals surface area contributed by atoms with E-state index in [0.29, 0.717) is 6.54 Å². The van der Waals surface area contributed by atoms with E-state index in [0.717, 1.165) is 12.5 Å². The van der Waals surface area contributed by atoms with Crippen LogP contribution >= 0.6 is 0 Å². The highest BCUT2D eigenvalue weighted by atomic mass is 19.1. The molecule has 0 radical (unpaired) electrons. The van der Waals surface area contributed by atoms with Crippen molar-refractivity contribution in [1.29, 1.82) is 0 Å². The number of nitrogens with one attached hydrogen (secondary N) is 1. The first-order chi connectivity index (χ1) is 4.93. The summed E-state index contributed by atoms with van der Waals surface area (Å²) >= 11 is 0. The van der Waals surface area contributed by atoms with Crippen LogP contribution in [0.3, 0.4) is 0 Å². The van der Waals surface area contributed by atoms with Crippen LogP contribution in [0.25, 0.3) is 0 Å². The predicted octanol–water partition coefficient (Wildman–Crippen LogP) is 1.74. The molecule has 0 aromatic rings. The molecule has 1 nitrogen and oxygen atoms in total. The summed E-state index contributed by atoms with van der Waals surface area (Å²) in [5.74, 6) is 1.02. The van der Waals surface area contributed by atoms with E-state index in [2.05, 4.69) is 5.32 Å². The average molecular weight is 145 g/mol. The van der Waals surface area contributed by atoms with Crippen molar-refractivity contribution in [3.63, 3.8) is 0 Å². The van der Waals surface area contributed by atoms with Crippen LogP contribution in [0.4, 0.5) is 4.39 Å². The summed E-state index contributed by atoms with van der Waals surface area (Å²) < 4.78 is 11.5. The maximum atomic E-state index is 11.5. The fourth-order valence-corrected chi connectivity index (χ4v) is 1.11. The van der Waals surface area contributed by atoms with Crippen molar-refractivity contribution in [2.45, 2.75) is 25.7 Å². The van der Waals surface area contributed by atoms with Gasteiger partial charge in [0.15, 0.2) is 0 Å². The van der Waals surface area contributed by atoms with E-state index in [-0.39, 0.29) is 6.67 Å². The molecule has 0 aliphatic heterocycles. The summed E-state index contributed by atoms with van der Waals surface area (Å²) in [7, 11) is 0. The van der Waals surface area contributed by atoms with Crippen molar-refractivity contribution in [3.05, 3.63) is 0 Å². The minimum Gasteiger partial charge on any atom is -0.314 e. The molecule has 1 N–H and O–H groups in total. The van der Waals surface area contributed by atoms with Gasteiger partial charge in [0.05, 0.1) is 0 Å². The summed E-state index contributed by atoms with van der Waals surface area (Å²) in [5, 5.41) is 3.04. The van der Waals surface area contributed by atoms with Gasteiger partial charge >= 0.3 is 0 Å². The van der Waals surface area contributed by atoms with Crippen LogP contribution in [0.2, 0.25) is 0 Å². The molecule has 0 saturated heterocycles. The van der Waals surface area contributed by atoms with Crippen LogP contribution in [0.5, 0.6) is 0 Å². The Kier molecular flexibility index (Phi) is 3.73. The van der Waals surface area contributed by atoms with Gasteiger partial charge in [-0.1, -0.05) is 12.8 Å². The van der Waals surface area contributed by atoms with Gasteiger partial charge in [-0.3, -0.25) is 0 Å². The zero-order chi connectivity index (χ0) is 7.23. The van der Waals surface area contributed by atoms with Crippen LogP contribution in [-0.4, -0.2) is 19.8 Å². The highest BCUT2D eigenvalue weighted by Gasteiger charge is 2.19. The Balaban J connectivity index is 1.68. The second-order valence-corrected chi connectivity index (χ2v) is 3.02. The van der Waals surface area contributed by atoms with Gasteiger partial charge in [0.2, 0.25) is 0 Å². The zero-order valence-electron chi connectivity index (χ0n) is 6.41. The van der Waals surface area contributed by atoms with E-state index >= 15 is 0 Å². The molecule has 10 heavy (non-hydrogen) atoms. The Morgan fingerprint density at radius 2 is 2.10 bits per heavy atom. The van der Waals surface area contributed by atoms with Crippen LogP contribution in [-0.2, 0) is 0 Å². The minimum atomic E-state index is -0.233. The van der Waals surface area contributed by atoms with Crippen molar-refractivity contribution >= 4 is 0 Å². The van der Waals surface area contributed by atoms with Gasteiger partial charge < -0.3 is 5.32 Å². The fourth-order valence-electron chi connectivity index (χ4n) is 1.11. The summed E-state index contributed by atoms with van der Waals surface area (Å²) in [6.45, 7) is 1.30. The van der Waals surface area contributed by atoms with Crippen LogP contribution < -0.4 is 5.32 Å². The second-order valence-electron chi connectivity index (χ2n) is 3.02. The molecule has 1 saturated carbocycles. The van der Waals surface area contributed by atoms with Crippen molar-refractivity contribution < 1.29 is 4.39 Å². The highest BCUT2D eigenvalue weighted by molar-refractivity contribution is 4.72. The molecular formula is C8H16FN. The van der Waals surface area contributed by atoms with E-state index in [9.17, 15) is 4.39 Å². The molecule has 0 amide bonds. The summed E-state index contributed by atoms with van der Waals surface area (Å²) in [6, 6.07) is 0. The molecule has 1 fully saturated rings. The lowest BCUT2D eigenvalue weighted by Crippen LogP contribution is -2.17. The van der Waals surface area contributed by atoms with E-state index in [1.165, 1.54) is 25.7 Å². The van der Waals surface area contributed by atoms with Crippen molar-refractivity contribution in [1.82, 2.24) is 5.32 Å². The van der Waals surface area contributed by atoms with Crippen molar-refractivity contribution in [2.24, 2.45) is 5.92 Å². The predicted molar refractivity (Wildman–Crippen MR) is 40.8 cm³/mol. The first-order valence-electron chi connectivity index (χ1n) is 4.20. The largest absolute Gasteiger partial charge is 0.314 e. The standard InChI is InChI=1S/C8H16FN/c9-5-7-10-6-1-2-8-3-4-8/h8,10H,1-7H2. The third-order valence-corrected chi connectivity index (χ3v) is 1.93. The molecule has 60 valence electrons. The third kappa shape index (κ3) is 3.83. The molecule has 0 atom stereocenters. The normalized spacial score (nSPS) is 17.7. The Morgan fingerprint density at radius 3 is 2.70 bits per heavy atom. The van der Waals surface area contributed by atoms with Crippen molar-refractivity contribution in [3.8, 4) is 0 Å². The summed E-state index contributed by atoms with van der Waals surface area (Å²) in [6.07, 6.45) is 5.44. The maximum Gasteiger partial charge on any atom is 0.102 e. The molecular weight excluding hydrogens is 129 g/mol. The number of hydrogen-bond acceptors (Lipinski definition) is 1. The topological polar surface area (TPSA) is 12.0 Å². The first-order valence-corrected chi connectivity index (χ1v) is 4.20. The van der Waals surface area contributed by atoms with Gasteiger partial charge in [-0.15, -0.1) is 0 Å². The van der Waals surface area contributed by atoms with Crippen LogP contribution in [0.1, 0.15) is 25.7 Å². The molecule has 0 aromatic carbocycles. The summed E-state index contributed by atoms with van der Waals surface area (Å²) in [4.78, 5) is 0. The number of hydrogen-bond donors (Lipinski definition) is 1. The third-order valence-electron chi connectivity index (χ3n) is 1.93. The molecule has 0 heterocycles. The molecule has 0 spiro atoms. The Hall–Kier alpha value is -0.110. The summed E-state index contributed by atoms with van der Waals surface area (Å²) in [5.41, 5.74) is 0. The lowest BCUT2D eigenvalue weighted by atomic mass is 10.2. The maximum absolute atomic E-state index is 11.5. The Bertz CT molecular complexity index is 81.3. The average Bonchev–Trinajstić information content (AvgIpc) is 2.71. The smallest absolute Gasteiger partial charge is 0.102 e. The van der Waals surface area contributed by atoms with Gasteiger partial charge in [0, 0.05) is 6.54 Å². The molecule has 1 aliphatic carbocycles. The minimum absolute atomic E-state index is 0.233. The van der Waals surface area contributed by atoms with Crippen molar-refractivity contribution in [2.75, 3.05) is 19.8 Å². The van der Waals surface area contributed by atoms with Gasteiger partial charge in [-0.2, -0.15) is 0 Å². The zero-order valence-corrected chi connectivity index (χ0v) is 6.41. The Morgan fingerprint density at radius 1 is 1.30 bits per heavy atom. The Labute approximate surface area is 62.0 Å². The highest BCUT2D eigenvalue weighted by Crippen LogP contribution is 2.33. The molecule has 1 rings (SSSR count). The molecule has 2 heteroatoms. The SMILES string of the molecule is FCCNCCCC1CC1. The molecule has 0 aromatic heterocycles. The number of halogens is 1. The van der Waals surface area contributed by atoms with E-state index in [1.807, 2.05) is 0 Å². The number of alkyl halides is 1. The van der Waals surface area contributed by atoms with Gasteiger partial charge in [-0.25, -0.2) is 4.39 Å². The lowest BCUT2D eigenvalue weighted by molar-refractivity contribution is 0.461. The quantitative estimate of drug-likeness (QED) is 0.561. The van der Waals surface area contributed by atoms with E-state index in [1.54, 1.807) is 0 Å². The fraction of sp³-hybridized carbons (Fsp3) is 1.00. The first kappa shape index (κ1) is 7.99. The van der Waals surface area contributed by atoms with E-state index in [4.69, 9.17) is 0 Å². The monoisotopic (exact) mass is 145 g/mol. The lowest BCUT2D eigenvalue weighted by Gasteiger charge is -1.99. The van der Waals surface area contributed by atoms with Gasteiger partial charge in [-0.05, 0) is 25.3 Å². The van der Waals surface area contributed by atoms with Crippen LogP contribution in [0, 0.1) is 5.92 Å². The number of rotatable bonds is 6. The molecule has 0 bridgehead atoms. The van der Waals surface area contributed by atoms with Crippen LogP contribution in [0.15, 0.2) is 0 Å².